The second kappa shape index (κ2) is 2.42. The van der Waals surface area contributed by atoms with Crippen molar-refractivity contribution in [2.75, 3.05) is 19.8 Å². The molecule has 11 heavy (non-hydrogen) atoms. The van der Waals surface area contributed by atoms with E-state index in [4.69, 9.17) is 19.3 Å². The molecule has 2 rings (SSSR count). The molecule has 2 fully saturated rings. The standard InChI is InChI=1S/C7H12O4/c1-5-2-9-7(4-8)10-3-6(5)11-7/h5-6,8H,2-4H2,1H3. The van der Waals surface area contributed by atoms with Crippen LogP contribution in [0.15, 0.2) is 0 Å². The van der Waals surface area contributed by atoms with E-state index in [1.54, 1.807) is 0 Å². The fraction of sp³-hybridized carbons (Fsp3) is 1.00. The van der Waals surface area contributed by atoms with Crippen molar-refractivity contribution in [1.29, 1.82) is 0 Å². The molecule has 0 spiro atoms. The molecule has 1 N–H and O–H groups in total. The third-order valence-corrected chi connectivity index (χ3v) is 2.19. The van der Waals surface area contributed by atoms with Crippen molar-refractivity contribution in [2.24, 2.45) is 5.92 Å². The summed E-state index contributed by atoms with van der Waals surface area (Å²) in [5.74, 6) is -0.769. The lowest BCUT2D eigenvalue weighted by Gasteiger charge is -2.32. The SMILES string of the molecule is CC1COC2(CO)OCC1O2. The molecule has 3 atom stereocenters. The Balaban J connectivity index is 2.10. The monoisotopic (exact) mass is 160 g/mol. The van der Waals surface area contributed by atoms with Gasteiger partial charge >= 0.3 is 5.97 Å². The Hall–Kier alpha value is -0.160. The first-order chi connectivity index (χ1) is 5.26. The summed E-state index contributed by atoms with van der Waals surface area (Å²) in [7, 11) is 0. The molecule has 4 heteroatoms. The summed E-state index contributed by atoms with van der Waals surface area (Å²) in [6.07, 6.45) is 0.0934. The molecule has 2 aliphatic heterocycles. The lowest BCUT2D eigenvalue weighted by molar-refractivity contribution is -0.373. The molecule has 0 saturated carbocycles. The zero-order valence-corrected chi connectivity index (χ0v) is 6.45. The van der Waals surface area contributed by atoms with E-state index in [0.717, 1.165) is 0 Å². The topological polar surface area (TPSA) is 47.9 Å². The van der Waals surface area contributed by atoms with Crippen LogP contribution in [-0.4, -0.2) is 37.0 Å². The van der Waals surface area contributed by atoms with Crippen LogP contribution in [0.5, 0.6) is 0 Å². The molecular formula is C7H12O4. The Labute approximate surface area is 65.1 Å². The van der Waals surface area contributed by atoms with Crippen LogP contribution in [-0.2, 0) is 14.2 Å². The fourth-order valence-electron chi connectivity index (χ4n) is 1.36. The minimum absolute atomic E-state index is 0.0934. The van der Waals surface area contributed by atoms with Crippen LogP contribution >= 0.6 is 0 Å². The third-order valence-electron chi connectivity index (χ3n) is 2.19. The van der Waals surface area contributed by atoms with E-state index in [1.807, 2.05) is 6.92 Å². The Morgan fingerprint density at radius 3 is 2.91 bits per heavy atom. The highest BCUT2D eigenvalue weighted by Crippen LogP contribution is 2.33. The van der Waals surface area contributed by atoms with Gasteiger partial charge in [-0.2, -0.15) is 0 Å². The summed E-state index contributed by atoms with van der Waals surface area (Å²) in [6.45, 7) is 2.95. The predicted octanol–water partition coefficient (Wildman–Crippen LogP) is -0.286. The van der Waals surface area contributed by atoms with E-state index >= 15 is 0 Å². The van der Waals surface area contributed by atoms with Crippen molar-refractivity contribution in [3.05, 3.63) is 0 Å². The minimum atomic E-state index is -1.13. The molecule has 0 aromatic carbocycles. The number of ether oxygens (including phenoxy) is 3. The molecule has 0 amide bonds. The molecular weight excluding hydrogens is 148 g/mol. The minimum Gasteiger partial charge on any atom is -0.388 e. The quantitative estimate of drug-likeness (QED) is 0.573. The van der Waals surface area contributed by atoms with Gasteiger partial charge in [0.25, 0.3) is 0 Å². The normalized spacial score (nSPS) is 49.6. The van der Waals surface area contributed by atoms with Crippen molar-refractivity contribution in [3.8, 4) is 0 Å². The van der Waals surface area contributed by atoms with Gasteiger partial charge in [0.05, 0.1) is 19.3 Å². The van der Waals surface area contributed by atoms with E-state index in [9.17, 15) is 0 Å². The van der Waals surface area contributed by atoms with Gasteiger partial charge < -0.3 is 19.3 Å². The van der Waals surface area contributed by atoms with Crippen LogP contribution in [0.3, 0.4) is 0 Å². The van der Waals surface area contributed by atoms with Crippen LogP contribution in [0.4, 0.5) is 0 Å². The molecule has 64 valence electrons. The maximum Gasteiger partial charge on any atom is 0.308 e. The molecule has 0 aliphatic carbocycles. The zero-order valence-electron chi connectivity index (χ0n) is 6.45. The van der Waals surface area contributed by atoms with Gasteiger partial charge in [-0.1, -0.05) is 6.92 Å². The van der Waals surface area contributed by atoms with Crippen LogP contribution in [0, 0.1) is 5.92 Å². The number of hydrogen-bond donors (Lipinski definition) is 1. The number of rotatable bonds is 1. The second-order valence-corrected chi connectivity index (χ2v) is 3.10. The van der Waals surface area contributed by atoms with Crippen LogP contribution < -0.4 is 0 Å². The van der Waals surface area contributed by atoms with Gasteiger partial charge in [0, 0.05) is 5.92 Å². The van der Waals surface area contributed by atoms with Crippen LogP contribution in [0.2, 0.25) is 0 Å². The van der Waals surface area contributed by atoms with E-state index in [-0.39, 0.29) is 12.7 Å². The van der Waals surface area contributed by atoms with Crippen molar-refractivity contribution in [3.63, 3.8) is 0 Å². The number of aliphatic hydroxyl groups excluding tert-OH is 1. The molecule has 0 aromatic rings. The summed E-state index contributed by atoms with van der Waals surface area (Å²) in [4.78, 5) is 0. The molecule has 2 saturated heterocycles. The number of aliphatic hydroxyl groups is 1. The molecule has 0 radical (unpaired) electrons. The summed E-state index contributed by atoms with van der Waals surface area (Å²) >= 11 is 0. The Morgan fingerprint density at radius 2 is 2.18 bits per heavy atom. The smallest absolute Gasteiger partial charge is 0.308 e. The van der Waals surface area contributed by atoms with Gasteiger partial charge in [0.2, 0.25) is 0 Å². The van der Waals surface area contributed by atoms with E-state index in [1.165, 1.54) is 0 Å². The highest BCUT2D eigenvalue weighted by atomic mass is 16.9. The number of hydrogen-bond acceptors (Lipinski definition) is 4. The van der Waals surface area contributed by atoms with Gasteiger partial charge in [0.1, 0.15) is 6.61 Å². The van der Waals surface area contributed by atoms with Gasteiger partial charge in [-0.15, -0.1) is 0 Å². The Morgan fingerprint density at radius 1 is 1.45 bits per heavy atom. The van der Waals surface area contributed by atoms with E-state index < -0.39 is 5.97 Å². The molecule has 2 heterocycles. The molecule has 0 aromatic heterocycles. The maximum atomic E-state index is 8.88. The number of fused-ring (bicyclic) bond motifs is 2. The van der Waals surface area contributed by atoms with Gasteiger partial charge in [-0.3, -0.25) is 0 Å². The highest BCUT2D eigenvalue weighted by molar-refractivity contribution is 4.80. The first-order valence-electron chi connectivity index (χ1n) is 3.82. The summed E-state index contributed by atoms with van der Waals surface area (Å²) in [5, 5.41) is 8.88. The predicted molar refractivity (Wildman–Crippen MR) is 35.8 cm³/mol. The highest BCUT2D eigenvalue weighted by Gasteiger charge is 2.48. The lowest BCUT2D eigenvalue weighted by atomic mass is 10.1. The van der Waals surface area contributed by atoms with Crippen molar-refractivity contribution < 1.29 is 19.3 Å². The van der Waals surface area contributed by atoms with E-state index in [2.05, 4.69) is 0 Å². The Bertz CT molecular complexity index is 161. The molecule has 4 nitrogen and oxygen atoms in total. The van der Waals surface area contributed by atoms with Crippen LogP contribution in [0.1, 0.15) is 6.92 Å². The molecule has 2 aliphatic rings. The average molecular weight is 160 g/mol. The van der Waals surface area contributed by atoms with E-state index in [0.29, 0.717) is 19.1 Å². The largest absolute Gasteiger partial charge is 0.388 e. The first kappa shape index (κ1) is 7.49. The van der Waals surface area contributed by atoms with Crippen molar-refractivity contribution >= 4 is 0 Å². The fourth-order valence-corrected chi connectivity index (χ4v) is 1.36. The Kier molecular flexibility index (Phi) is 1.64. The van der Waals surface area contributed by atoms with Gasteiger partial charge in [-0.05, 0) is 0 Å². The summed E-state index contributed by atoms with van der Waals surface area (Å²) in [5.41, 5.74) is 0. The van der Waals surface area contributed by atoms with Crippen molar-refractivity contribution in [2.45, 2.75) is 19.0 Å². The van der Waals surface area contributed by atoms with Gasteiger partial charge in [0.15, 0.2) is 0 Å². The van der Waals surface area contributed by atoms with Gasteiger partial charge in [-0.25, -0.2) is 0 Å². The zero-order chi connectivity index (χ0) is 7.90. The third kappa shape index (κ3) is 1.06. The first-order valence-corrected chi connectivity index (χ1v) is 3.82. The summed E-state index contributed by atoms with van der Waals surface area (Å²) < 4.78 is 15.8. The lowest BCUT2D eigenvalue weighted by Crippen LogP contribution is -2.45. The maximum absolute atomic E-state index is 8.88. The molecule has 3 unspecified atom stereocenters. The summed E-state index contributed by atoms with van der Waals surface area (Å²) in [6, 6.07) is 0. The van der Waals surface area contributed by atoms with Crippen LogP contribution in [0.25, 0.3) is 0 Å². The molecule has 2 bridgehead atoms. The average Bonchev–Trinajstić information content (AvgIpc) is 2.40. The van der Waals surface area contributed by atoms with Crippen molar-refractivity contribution in [1.82, 2.24) is 0 Å². The second-order valence-electron chi connectivity index (χ2n) is 3.10.